The van der Waals surface area contributed by atoms with Crippen molar-refractivity contribution in [3.63, 3.8) is 0 Å². The van der Waals surface area contributed by atoms with Gasteiger partial charge in [0.25, 0.3) is 0 Å². The smallest absolute Gasteiger partial charge is 0.207 e. The second kappa shape index (κ2) is 6.02. The normalized spacial score (nSPS) is 12.1. The molecule has 0 amide bonds. The van der Waals surface area contributed by atoms with Gasteiger partial charge < -0.3 is 9.88 Å². The minimum atomic E-state index is 0.177. The number of imidazole rings is 1. The number of nitrogens with zero attached hydrogens (tertiary/aromatic N) is 2. The highest BCUT2D eigenvalue weighted by molar-refractivity contribution is 6.30. The maximum Gasteiger partial charge on any atom is 0.207 e. The quantitative estimate of drug-likeness (QED) is 0.743. The van der Waals surface area contributed by atoms with Crippen molar-refractivity contribution in [1.82, 2.24) is 9.55 Å². The molecule has 1 atom stereocenters. The number of rotatable bonds is 4. The van der Waals surface area contributed by atoms with Crippen LogP contribution in [0.3, 0.4) is 0 Å². The van der Waals surface area contributed by atoms with E-state index < -0.39 is 0 Å². The summed E-state index contributed by atoms with van der Waals surface area (Å²) in [6, 6.07) is 18.1. The Morgan fingerprint density at radius 1 is 1.05 bits per heavy atom. The van der Waals surface area contributed by atoms with E-state index in [0.29, 0.717) is 0 Å². The number of aromatic nitrogens is 2. The van der Waals surface area contributed by atoms with Crippen LogP contribution in [0.15, 0.2) is 67.0 Å². The Labute approximate surface area is 129 Å². The molecule has 0 radical (unpaired) electrons. The van der Waals surface area contributed by atoms with Crippen LogP contribution in [0.5, 0.6) is 0 Å². The summed E-state index contributed by atoms with van der Waals surface area (Å²) in [6.45, 7) is 2.14. The standard InChI is InChI=1S/C17H16ClN3/c1-13(14-7-9-15(18)10-8-14)21-12-11-19-17(21)20-16-5-3-2-4-6-16/h2-13H,1H3,(H,19,20). The summed E-state index contributed by atoms with van der Waals surface area (Å²) in [5.74, 6) is 0.823. The van der Waals surface area contributed by atoms with E-state index in [1.807, 2.05) is 60.8 Å². The van der Waals surface area contributed by atoms with Gasteiger partial charge in [0, 0.05) is 23.1 Å². The van der Waals surface area contributed by atoms with Crippen LogP contribution in [0.4, 0.5) is 11.6 Å². The first kappa shape index (κ1) is 13.7. The fourth-order valence-corrected chi connectivity index (χ4v) is 2.40. The van der Waals surface area contributed by atoms with Crippen molar-refractivity contribution in [1.29, 1.82) is 0 Å². The van der Waals surface area contributed by atoms with Crippen molar-refractivity contribution in [2.45, 2.75) is 13.0 Å². The van der Waals surface area contributed by atoms with Gasteiger partial charge in [0.05, 0.1) is 6.04 Å². The van der Waals surface area contributed by atoms with Gasteiger partial charge in [0.15, 0.2) is 0 Å². The van der Waals surface area contributed by atoms with Crippen LogP contribution >= 0.6 is 11.6 Å². The van der Waals surface area contributed by atoms with E-state index in [0.717, 1.165) is 16.7 Å². The molecular weight excluding hydrogens is 282 g/mol. The van der Waals surface area contributed by atoms with Gasteiger partial charge in [-0.25, -0.2) is 4.98 Å². The lowest BCUT2D eigenvalue weighted by Gasteiger charge is -2.17. The van der Waals surface area contributed by atoms with E-state index in [-0.39, 0.29) is 6.04 Å². The molecule has 1 heterocycles. The molecule has 0 aliphatic rings. The molecule has 0 saturated heterocycles. The molecule has 1 N–H and O–H groups in total. The summed E-state index contributed by atoms with van der Waals surface area (Å²) in [7, 11) is 0. The van der Waals surface area contributed by atoms with Crippen molar-refractivity contribution < 1.29 is 0 Å². The molecule has 21 heavy (non-hydrogen) atoms. The Balaban J connectivity index is 1.86. The number of nitrogens with one attached hydrogen (secondary N) is 1. The molecule has 0 bridgehead atoms. The number of benzene rings is 2. The molecule has 1 unspecified atom stereocenters. The topological polar surface area (TPSA) is 29.9 Å². The van der Waals surface area contributed by atoms with E-state index >= 15 is 0 Å². The first-order valence-electron chi connectivity index (χ1n) is 6.84. The summed E-state index contributed by atoms with van der Waals surface area (Å²) >= 11 is 5.95. The highest BCUT2D eigenvalue weighted by atomic mass is 35.5. The maximum atomic E-state index is 5.95. The predicted molar refractivity (Wildman–Crippen MR) is 87.2 cm³/mol. The largest absolute Gasteiger partial charge is 0.326 e. The summed E-state index contributed by atoms with van der Waals surface area (Å²) < 4.78 is 2.11. The molecule has 0 fully saturated rings. The predicted octanol–water partition coefficient (Wildman–Crippen LogP) is 4.89. The first-order chi connectivity index (χ1) is 10.2. The van der Waals surface area contributed by atoms with Gasteiger partial charge in [-0.1, -0.05) is 41.9 Å². The van der Waals surface area contributed by atoms with Crippen molar-refractivity contribution >= 4 is 23.2 Å². The Bertz CT molecular complexity index is 704. The molecule has 2 aromatic carbocycles. The maximum absolute atomic E-state index is 5.95. The minimum Gasteiger partial charge on any atom is -0.326 e. The molecular formula is C17H16ClN3. The lowest BCUT2D eigenvalue weighted by molar-refractivity contribution is 0.647. The van der Waals surface area contributed by atoms with Gasteiger partial charge in [-0.2, -0.15) is 0 Å². The van der Waals surface area contributed by atoms with Crippen molar-refractivity contribution in [2.75, 3.05) is 5.32 Å². The van der Waals surface area contributed by atoms with E-state index in [9.17, 15) is 0 Å². The fraction of sp³-hybridized carbons (Fsp3) is 0.118. The molecule has 3 aromatic rings. The van der Waals surface area contributed by atoms with Gasteiger partial charge >= 0.3 is 0 Å². The van der Waals surface area contributed by atoms with E-state index in [2.05, 4.69) is 21.8 Å². The second-order valence-electron chi connectivity index (χ2n) is 4.88. The molecule has 0 aliphatic heterocycles. The number of hydrogen-bond acceptors (Lipinski definition) is 2. The molecule has 4 heteroatoms. The Hall–Kier alpha value is -2.26. The zero-order valence-corrected chi connectivity index (χ0v) is 12.5. The Morgan fingerprint density at radius 3 is 2.48 bits per heavy atom. The van der Waals surface area contributed by atoms with E-state index in [4.69, 9.17) is 11.6 Å². The lowest BCUT2D eigenvalue weighted by Crippen LogP contribution is -2.09. The van der Waals surface area contributed by atoms with Gasteiger partial charge in [-0.3, -0.25) is 0 Å². The SMILES string of the molecule is CC(c1ccc(Cl)cc1)n1ccnc1Nc1ccccc1. The fourth-order valence-electron chi connectivity index (χ4n) is 2.27. The van der Waals surface area contributed by atoms with Crippen LogP contribution in [0.1, 0.15) is 18.5 Å². The molecule has 1 aromatic heterocycles. The van der Waals surface area contributed by atoms with Gasteiger partial charge in [0.2, 0.25) is 5.95 Å². The van der Waals surface area contributed by atoms with Gasteiger partial charge in [-0.05, 0) is 36.8 Å². The average Bonchev–Trinajstić information content (AvgIpc) is 2.96. The van der Waals surface area contributed by atoms with Crippen LogP contribution in [0, 0.1) is 0 Å². The zero-order valence-electron chi connectivity index (χ0n) is 11.7. The number of halogens is 1. The molecule has 106 valence electrons. The van der Waals surface area contributed by atoms with Crippen LogP contribution in [0.2, 0.25) is 5.02 Å². The molecule has 3 rings (SSSR count). The lowest BCUT2D eigenvalue weighted by atomic mass is 10.1. The highest BCUT2D eigenvalue weighted by Crippen LogP contribution is 2.24. The third-order valence-electron chi connectivity index (χ3n) is 3.47. The number of para-hydroxylation sites is 1. The summed E-state index contributed by atoms with van der Waals surface area (Å²) in [5.41, 5.74) is 2.21. The minimum absolute atomic E-state index is 0.177. The Morgan fingerprint density at radius 2 is 1.76 bits per heavy atom. The van der Waals surface area contributed by atoms with Gasteiger partial charge in [0.1, 0.15) is 0 Å². The third-order valence-corrected chi connectivity index (χ3v) is 3.72. The number of hydrogen-bond donors (Lipinski definition) is 1. The molecule has 0 spiro atoms. The van der Waals surface area contributed by atoms with Crippen LogP contribution in [-0.2, 0) is 0 Å². The monoisotopic (exact) mass is 297 g/mol. The number of anilines is 2. The van der Waals surface area contributed by atoms with Gasteiger partial charge in [-0.15, -0.1) is 0 Å². The highest BCUT2D eigenvalue weighted by Gasteiger charge is 2.12. The van der Waals surface area contributed by atoms with Crippen molar-refractivity contribution in [3.05, 3.63) is 77.6 Å². The van der Waals surface area contributed by atoms with Crippen LogP contribution in [-0.4, -0.2) is 9.55 Å². The van der Waals surface area contributed by atoms with Crippen LogP contribution < -0.4 is 5.32 Å². The van der Waals surface area contributed by atoms with E-state index in [1.165, 1.54) is 5.56 Å². The second-order valence-corrected chi connectivity index (χ2v) is 5.31. The summed E-state index contributed by atoms with van der Waals surface area (Å²) in [6.07, 6.45) is 3.78. The molecule has 3 nitrogen and oxygen atoms in total. The Kier molecular flexibility index (Phi) is 3.93. The van der Waals surface area contributed by atoms with Crippen molar-refractivity contribution in [3.8, 4) is 0 Å². The van der Waals surface area contributed by atoms with Crippen LogP contribution in [0.25, 0.3) is 0 Å². The first-order valence-corrected chi connectivity index (χ1v) is 7.22. The van der Waals surface area contributed by atoms with E-state index in [1.54, 1.807) is 6.20 Å². The molecule has 0 saturated carbocycles. The molecule has 0 aliphatic carbocycles. The third kappa shape index (κ3) is 3.09. The summed E-state index contributed by atoms with van der Waals surface area (Å²) in [4.78, 5) is 4.40. The van der Waals surface area contributed by atoms with Crippen molar-refractivity contribution in [2.24, 2.45) is 0 Å². The summed E-state index contributed by atoms with van der Waals surface area (Å²) in [5, 5.41) is 4.09. The zero-order chi connectivity index (χ0) is 14.7. The average molecular weight is 298 g/mol.